The predicted molar refractivity (Wildman–Crippen MR) is 72.4 cm³/mol. The molecule has 1 atom stereocenters. The molecule has 1 aromatic rings. The number of nitrogens with zero attached hydrogens (tertiary/aromatic N) is 1. The zero-order chi connectivity index (χ0) is 11.3. The topological polar surface area (TPSA) is 47.6 Å². The largest absolute Gasteiger partial charge is 0.447 e. The van der Waals surface area contributed by atoms with Crippen LogP contribution in [0.1, 0.15) is 0 Å². The van der Waals surface area contributed by atoms with E-state index in [0.29, 0.717) is 5.17 Å². The van der Waals surface area contributed by atoms with Gasteiger partial charge in [-0.15, -0.1) is 0 Å². The van der Waals surface area contributed by atoms with Gasteiger partial charge >= 0.3 is 0 Å². The van der Waals surface area contributed by atoms with Gasteiger partial charge in [0, 0.05) is 6.66 Å². The molecule has 6 heteroatoms. The van der Waals surface area contributed by atoms with Gasteiger partial charge < -0.3 is 10.3 Å². The standard InChI is InChI=1S/C9H13N2OPS2/c1-13(14,11-9(10)15-2)12-8-6-4-3-5-7-8/h3-7H,1-2H3,(H2,10,11,14). The van der Waals surface area contributed by atoms with Gasteiger partial charge in [-0.3, -0.25) is 0 Å². The van der Waals surface area contributed by atoms with E-state index < -0.39 is 6.42 Å². The first-order chi connectivity index (χ1) is 7.03. The van der Waals surface area contributed by atoms with Crippen LogP contribution < -0.4 is 10.3 Å². The number of thioether (sulfide) groups is 1. The van der Waals surface area contributed by atoms with Crippen molar-refractivity contribution >= 4 is 35.2 Å². The summed E-state index contributed by atoms with van der Waals surface area (Å²) in [5, 5.41) is 0.469. The highest BCUT2D eigenvalue weighted by Crippen LogP contribution is 2.45. The summed E-state index contributed by atoms with van der Waals surface area (Å²) in [6, 6.07) is 9.43. The molecule has 82 valence electrons. The van der Waals surface area contributed by atoms with Gasteiger partial charge in [-0.1, -0.05) is 30.0 Å². The summed E-state index contributed by atoms with van der Waals surface area (Å²) in [4.78, 5) is 0. The Morgan fingerprint density at radius 1 is 1.47 bits per heavy atom. The van der Waals surface area contributed by atoms with Crippen LogP contribution in [-0.2, 0) is 11.8 Å². The van der Waals surface area contributed by atoms with E-state index in [1.807, 2.05) is 36.6 Å². The van der Waals surface area contributed by atoms with Crippen LogP contribution in [0.2, 0.25) is 0 Å². The minimum absolute atomic E-state index is 0.469. The predicted octanol–water partition coefficient (Wildman–Crippen LogP) is 2.68. The van der Waals surface area contributed by atoms with E-state index in [9.17, 15) is 0 Å². The number of benzene rings is 1. The van der Waals surface area contributed by atoms with Crippen LogP contribution in [0, 0.1) is 0 Å². The van der Waals surface area contributed by atoms with Crippen LogP contribution in [0.25, 0.3) is 0 Å². The van der Waals surface area contributed by atoms with Crippen molar-refractivity contribution in [2.75, 3.05) is 12.9 Å². The zero-order valence-electron chi connectivity index (χ0n) is 8.58. The first-order valence-corrected chi connectivity index (χ1v) is 8.60. The van der Waals surface area contributed by atoms with Crippen LogP contribution in [0.3, 0.4) is 0 Å². The molecule has 3 nitrogen and oxygen atoms in total. The Kier molecular flexibility index (Phi) is 4.64. The summed E-state index contributed by atoms with van der Waals surface area (Å²) in [6.07, 6.45) is -0.354. The van der Waals surface area contributed by atoms with Crippen molar-refractivity contribution in [2.45, 2.75) is 0 Å². The molecule has 0 fully saturated rings. The molecular formula is C9H13N2OPS2. The lowest BCUT2D eigenvalue weighted by molar-refractivity contribution is 0.617. The van der Waals surface area contributed by atoms with E-state index in [1.165, 1.54) is 11.8 Å². The van der Waals surface area contributed by atoms with Crippen molar-refractivity contribution in [1.29, 1.82) is 0 Å². The summed E-state index contributed by atoms with van der Waals surface area (Å²) < 4.78 is 9.80. The summed E-state index contributed by atoms with van der Waals surface area (Å²) in [6.45, 7) is 1.80. The molecule has 1 unspecified atom stereocenters. The minimum atomic E-state index is -2.21. The van der Waals surface area contributed by atoms with Gasteiger partial charge in [-0.05, 0) is 30.2 Å². The smallest absolute Gasteiger partial charge is 0.221 e. The van der Waals surface area contributed by atoms with Crippen molar-refractivity contribution in [2.24, 2.45) is 10.5 Å². The van der Waals surface area contributed by atoms with Crippen molar-refractivity contribution in [3.05, 3.63) is 30.3 Å². The lowest BCUT2D eigenvalue weighted by Crippen LogP contribution is -2.05. The fraction of sp³-hybridized carbons (Fsp3) is 0.222. The molecule has 15 heavy (non-hydrogen) atoms. The maximum absolute atomic E-state index is 5.62. The molecule has 0 saturated carbocycles. The summed E-state index contributed by atoms with van der Waals surface area (Å²) in [5.74, 6) is 0.737. The zero-order valence-corrected chi connectivity index (χ0v) is 11.1. The molecule has 0 aliphatic carbocycles. The van der Waals surface area contributed by atoms with Gasteiger partial charge in [0.15, 0.2) is 5.17 Å². The van der Waals surface area contributed by atoms with Gasteiger partial charge in [0.05, 0.1) is 0 Å². The van der Waals surface area contributed by atoms with Gasteiger partial charge in [0.2, 0.25) is 6.42 Å². The van der Waals surface area contributed by atoms with Gasteiger partial charge in [0.25, 0.3) is 0 Å². The van der Waals surface area contributed by atoms with Crippen LogP contribution in [0.5, 0.6) is 5.75 Å². The highest BCUT2D eigenvalue weighted by molar-refractivity contribution is 8.15. The summed E-state index contributed by atoms with van der Waals surface area (Å²) in [7, 11) is 0. The number of para-hydroxylation sites is 1. The van der Waals surface area contributed by atoms with E-state index in [0.717, 1.165) is 5.75 Å². The van der Waals surface area contributed by atoms with E-state index in [4.69, 9.17) is 22.1 Å². The average molecular weight is 260 g/mol. The number of nitrogens with two attached hydrogens (primary N) is 1. The summed E-state index contributed by atoms with van der Waals surface area (Å²) in [5.41, 5.74) is 5.61. The SMILES string of the molecule is CS/C(N)=N\P(C)(=S)Oc1ccccc1. The molecule has 0 aliphatic heterocycles. The van der Waals surface area contributed by atoms with E-state index in [2.05, 4.69) is 4.76 Å². The molecule has 1 rings (SSSR count). The Morgan fingerprint density at radius 3 is 2.60 bits per heavy atom. The summed E-state index contributed by atoms with van der Waals surface area (Å²) >= 11 is 6.65. The van der Waals surface area contributed by atoms with Gasteiger partial charge in [-0.2, -0.15) is 4.76 Å². The number of hydrogen-bond donors (Lipinski definition) is 1. The van der Waals surface area contributed by atoms with Crippen molar-refractivity contribution in [1.82, 2.24) is 0 Å². The molecule has 0 saturated heterocycles. The fourth-order valence-corrected chi connectivity index (χ4v) is 3.30. The molecule has 2 N–H and O–H groups in total. The first kappa shape index (κ1) is 12.6. The van der Waals surface area contributed by atoms with Gasteiger partial charge in [0.1, 0.15) is 5.75 Å². The Balaban J connectivity index is 2.78. The molecule has 0 radical (unpaired) electrons. The molecule has 1 aromatic carbocycles. The van der Waals surface area contributed by atoms with E-state index in [1.54, 1.807) is 6.66 Å². The van der Waals surface area contributed by atoms with Crippen LogP contribution in [-0.4, -0.2) is 18.1 Å². The van der Waals surface area contributed by atoms with Gasteiger partial charge in [-0.25, -0.2) is 0 Å². The number of hydrogen-bond acceptors (Lipinski definition) is 3. The van der Waals surface area contributed by atoms with E-state index in [-0.39, 0.29) is 0 Å². The maximum atomic E-state index is 5.62. The highest BCUT2D eigenvalue weighted by Gasteiger charge is 2.10. The van der Waals surface area contributed by atoms with Crippen LogP contribution in [0.4, 0.5) is 0 Å². The van der Waals surface area contributed by atoms with Crippen molar-refractivity contribution in [3.8, 4) is 5.75 Å². The third kappa shape index (κ3) is 4.69. The normalized spacial score (nSPS) is 15.7. The first-order valence-electron chi connectivity index (χ1n) is 4.25. The Labute approximate surface area is 99.3 Å². The molecule has 0 aliphatic rings. The quantitative estimate of drug-likeness (QED) is 0.515. The molecular weight excluding hydrogens is 247 g/mol. The second-order valence-electron chi connectivity index (χ2n) is 2.85. The highest BCUT2D eigenvalue weighted by atomic mass is 32.4. The van der Waals surface area contributed by atoms with Crippen molar-refractivity contribution in [3.63, 3.8) is 0 Å². The second-order valence-corrected chi connectivity index (χ2v) is 7.70. The third-order valence-electron chi connectivity index (χ3n) is 1.51. The Bertz CT molecular complexity index is 394. The molecule has 0 spiro atoms. The molecule has 0 heterocycles. The monoisotopic (exact) mass is 260 g/mol. The van der Waals surface area contributed by atoms with Crippen LogP contribution >= 0.6 is 18.2 Å². The van der Waals surface area contributed by atoms with Crippen LogP contribution in [0.15, 0.2) is 35.1 Å². The molecule has 0 amide bonds. The average Bonchev–Trinajstić information content (AvgIpc) is 2.17. The van der Waals surface area contributed by atoms with Crippen molar-refractivity contribution < 1.29 is 4.52 Å². The lowest BCUT2D eigenvalue weighted by atomic mass is 10.3. The Hall–Kier alpha value is -0.510. The number of rotatable bonds is 3. The second kappa shape index (κ2) is 5.54. The fourth-order valence-electron chi connectivity index (χ4n) is 0.917. The number of amidine groups is 1. The Morgan fingerprint density at radius 2 is 2.07 bits per heavy atom. The maximum Gasteiger partial charge on any atom is 0.221 e. The third-order valence-corrected chi connectivity index (χ3v) is 3.75. The lowest BCUT2D eigenvalue weighted by Gasteiger charge is -2.14. The van der Waals surface area contributed by atoms with E-state index >= 15 is 0 Å². The minimum Gasteiger partial charge on any atom is -0.447 e. The molecule has 0 aromatic heterocycles. The molecule has 0 bridgehead atoms.